The lowest BCUT2D eigenvalue weighted by Crippen LogP contribution is -2.19. The first-order valence-corrected chi connectivity index (χ1v) is 5.72. The number of nitriles is 1. The van der Waals surface area contributed by atoms with Gasteiger partial charge in [-0.25, -0.2) is 4.39 Å². The van der Waals surface area contributed by atoms with E-state index in [4.69, 9.17) is 5.26 Å². The Morgan fingerprint density at radius 2 is 1.72 bits per heavy atom. The van der Waals surface area contributed by atoms with Crippen molar-refractivity contribution in [2.75, 3.05) is 0 Å². The van der Waals surface area contributed by atoms with Crippen LogP contribution in [0.5, 0.6) is 0 Å². The fraction of sp³-hybridized carbons (Fsp3) is 0.133. The summed E-state index contributed by atoms with van der Waals surface area (Å²) in [5.41, 5.74) is 1.88. The Hall–Kier alpha value is -2.18. The lowest BCUT2D eigenvalue weighted by Gasteiger charge is -2.11. The van der Waals surface area contributed by atoms with E-state index in [9.17, 15) is 4.39 Å². The van der Waals surface area contributed by atoms with Crippen LogP contribution in [0.1, 0.15) is 17.2 Å². The third-order valence-electron chi connectivity index (χ3n) is 2.69. The molecule has 0 unspecified atom stereocenters. The minimum atomic E-state index is -0.425. The second kappa shape index (κ2) is 5.95. The Morgan fingerprint density at radius 1 is 1.06 bits per heavy atom. The van der Waals surface area contributed by atoms with Gasteiger partial charge in [0.25, 0.3) is 0 Å². The molecule has 0 aliphatic rings. The largest absolute Gasteiger partial charge is 0.294 e. The van der Waals surface area contributed by atoms with Gasteiger partial charge < -0.3 is 0 Å². The van der Waals surface area contributed by atoms with Crippen molar-refractivity contribution in [3.8, 4) is 6.07 Å². The summed E-state index contributed by atoms with van der Waals surface area (Å²) in [6.45, 7) is 0.608. The van der Waals surface area contributed by atoms with Gasteiger partial charge in [-0.1, -0.05) is 42.5 Å². The van der Waals surface area contributed by atoms with Crippen molar-refractivity contribution in [2.45, 2.75) is 12.6 Å². The zero-order valence-electron chi connectivity index (χ0n) is 9.81. The fourth-order valence-corrected chi connectivity index (χ4v) is 1.71. The standard InChI is InChI=1S/C15H13FN2/c16-14-8-6-13(7-9-14)15(10-17)18-11-12-4-2-1-3-5-12/h1-9,15,18H,11H2/t15-/m0/s1. The van der Waals surface area contributed by atoms with Gasteiger partial charge in [0.1, 0.15) is 11.9 Å². The summed E-state index contributed by atoms with van der Waals surface area (Å²) >= 11 is 0. The first kappa shape index (κ1) is 12.3. The van der Waals surface area contributed by atoms with Crippen LogP contribution in [0.4, 0.5) is 4.39 Å². The summed E-state index contributed by atoms with van der Waals surface area (Å²) in [7, 11) is 0. The molecule has 0 saturated carbocycles. The first-order chi connectivity index (χ1) is 8.79. The minimum Gasteiger partial charge on any atom is -0.294 e. The van der Waals surface area contributed by atoms with E-state index in [1.807, 2.05) is 30.3 Å². The summed E-state index contributed by atoms with van der Waals surface area (Å²) in [6.07, 6.45) is 0. The maximum Gasteiger partial charge on any atom is 0.123 e. The van der Waals surface area contributed by atoms with Crippen LogP contribution in [-0.2, 0) is 6.54 Å². The van der Waals surface area contributed by atoms with Crippen LogP contribution in [0, 0.1) is 17.1 Å². The molecule has 0 aliphatic carbocycles. The zero-order valence-corrected chi connectivity index (χ0v) is 9.81. The van der Waals surface area contributed by atoms with Crippen LogP contribution in [-0.4, -0.2) is 0 Å². The Kier molecular flexibility index (Phi) is 4.06. The van der Waals surface area contributed by atoms with Gasteiger partial charge in [0, 0.05) is 6.54 Å². The quantitative estimate of drug-likeness (QED) is 0.890. The molecule has 90 valence electrons. The molecule has 3 heteroatoms. The number of hydrogen-bond acceptors (Lipinski definition) is 2. The molecule has 0 radical (unpaired) electrons. The van der Waals surface area contributed by atoms with Crippen molar-refractivity contribution in [2.24, 2.45) is 0 Å². The molecule has 0 spiro atoms. The first-order valence-electron chi connectivity index (χ1n) is 5.72. The van der Waals surface area contributed by atoms with E-state index in [1.54, 1.807) is 12.1 Å². The predicted octanol–water partition coefficient (Wildman–Crippen LogP) is 3.18. The molecule has 0 heterocycles. The van der Waals surface area contributed by atoms with Gasteiger partial charge in [-0.15, -0.1) is 0 Å². The molecule has 2 nitrogen and oxygen atoms in total. The molecule has 2 rings (SSSR count). The topological polar surface area (TPSA) is 35.8 Å². The average molecular weight is 240 g/mol. The highest BCUT2D eigenvalue weighted by atomic mass is 19.1. The van der Waals surface area contributed by atoms with E-state index in [2.05, 4.69) is 11.4 Å². The summed E-state index contributed by atoms with van der Waals surface area (Å²) < 4.78 is 12.8. The maximum absolute atomic E-state index is 12.8. The van der Waals surface area contributed by atoms with Crippen molar-refractivity contribution in [1.82, 2.24) is 5.32 Å². The van der Waals surface area contributed by atoms with Crippen LogP contribution >= 0.6 is 0 Å². The second-order valence-electron chi connectivity index (χ2n) is 3.98. The fourth-order valence-electron chi connectivity index (χ4n) is 1.71. The highest BCUT2D eigenvalue weighted by Gasteiger charge is 2.09. The van der Waals surface area contributed by atoms with E-state index in [0.717, 1.165) is 11.1 Å². The molecular formula is C15H13FN2. The van der Waals surface area contributed by atoms with E-state index >= 15 is 0 Å². The zero-order chi connectivity index (χ0) is 12.8. The van der Waals surface area contributed by atoms with Gasteiger partial charge in [0.05, 0.1) is 6.07 Å². The van der Waals surface area contributed by atoms with E-state index < -0.39 is 6.04 Å². The molecule has 18 heavy (non-hydrogen) atoms. The van der Waals surface area contributed by atoms with Gasteiger partial charge in [0.15, 0.2) is 0 Å². The van der Waals surface area contributed by atoms with Gasteiger partial charge in [0.2, 0.25) is 0 Å². The highest BCUT2D eigenvalue weighted by Crippen LogP contribution is 2.13. The Labute approximate surface area is 106 Å². The molecular weight excluding hydrogens is 227 g/mol. The molecule has 0 fully saturated rings. The van der Waals surface area contributed by atoms with Gasteiger partial charge in [-0.2, -0.15) is 5.26 Å². The number of benzene rings is 2. The normalized spacial score (nSPS) is 11.8. The molecule has 0 bridgehead atoms. The molecule has 0 saturated heterocycles. The summed E-state index contributed by atoms with van der Waals surface area (Å²) in [5, 5.41) is 12.3. The van der Waals surface area contributed by atoms with Gasteiger partial charge in [-0.05, 0) is 23.3 Å². The van der Waals surface area contributed by atoms with Crippen LogP contribution in [0.25, 0.3) is 0 Å². The number of rotatable bonds is 4. The lowest BCUT2D eigenvalue weighted by molar-refractivity contribution is 0.614. The smallest absolute Gasteiger partial charge is 0.123 e. The predicted molar refractivity (Wildman–Crippen MR) is 68.0 cm³/mol. The summed E-state index contributed by atoms with van der Waals surface area (Å²) in [6, 6.07) is 17.6. The lowest BCUT2D eigenvalue weighted by atomic mass is 10.1. The van der Waals surface area contributed by atoms with Gasteiger partial charge >= 0.3 is 0 Å². The highest BCUT2D eigenvalue weighted by molar-refractivity contribution is 5.25. The molecule has 1 atom stereocenters. The Balaban J connectivity index is 2.02. The van der Waals surface area contributed by atoms with Gasteiger partial charge in [-0.3, -0.25) is 5.32 Å². The third kappa shape index (κ3) is 3.16. The number of halogens is 1. The van der Waals surface area contributed by atoms with E-state index in [1.165, 1.54) is 12.1 Å². The van der Waals surface area contributed by atoms with Crippen LogP contribution in [0.2, 0.25) is 0 Å². The van der Waals surface area contributed by atoms with Crippen molar-refractivity contribution in [3.63, 3.8) is 0 Å². The van der Waals surface area contributed by atoms with Crippen molar-refractivity contribution < 1.29 is 4.39 Å². The van der Waals surface area contributed by atoms with Crippen LogP contribution < -0.4 is 5.32 Å². The van der Waals surface area contributed by atoms with Crippen molar-refractivity contribution >= 4 is 0 Å². The number of nitrogens with zero attached hydrogens (tertiary/aromatic N) is 1. The molecule has 0 aromatic heterocycles. The Bertz CT molecular complexity index is 529. The van der Waals surface area contributed by atoms with Crippen LogP contribution in [0.3, 0.4) is 0 Å². The SMILES string of the molecule is N#C[C@H](NCc1ccccc1)c1ccc(F)cc1. The summed E-state index contributed by atoms with van der Waals surface area (Å²) in [5.74, 6) is -0.293. The molecule has 1 N–H and O–H groups in total. The molecule has 0 amide bonds. The molecule has 2 aromatic carbocycles. The van der Waals surface area contributed by atoms with Crippen molar-refractivity contribution in [3.05, 3.63) is 71.5 Å². The molecule has 0 aliphatic heterocycles. The average Bonchev–Trinajstić information content (AvgIpc) is 2.42. The maximum atomic E-state index is 12.8. The van der Waals surface area contributed by atoms with E-state index in [0.29, 0.717) is 6.54 Å². The van der Waals surface area contributed by atoms with E-state index in [-0.39, 0.29) is 5.82 Å². The number of hydrogen-bond donors (Lipinski definition) is 1. The number of nitrogens with one attached hydrogen (secondary N) is 1. The minimum absolute atomic E-state index is 0.293. The molecule has 2 aromatic rings. The Morgan fingerprint density at radius 3 is 2.33 bits per heavy atom. The second-order valence-corrected chi connectivity index (χ2v) is 3.98. The van der Waals surface area contributed by atoms with Crippen LogP contribution in [0.15, 0.2) is 54.6 Å². The third-order valence-corrected chi connectivity index (χ3v) is 2.69. The summed E-state index contributed by atoms with van der Waals surface area (Å²) in [4.78, 5) is 0. The monoisotopic (exact) mass is 240 g/mol. The van der Waals surface area contributed by atoms with Crippen molar-refractivity contribution in [1.29, 1.82) is 5.26 Å².